The fourth-order valence-electron chi connectivity index (χ4n) is 4.76. The number of hydrogen-bond donors (Lipinski definition) is 2. The minimum atomic E-state index is 0.121. The Morgan fingerprint density at radius 2 is 1.69 bits per heavy atom. The second kappa shape index (κ2) is 17.2. The third-order valence-corrected chi connectivity index (χ3v) is 7.36. The lowest BCUT2D eigenvalue weighted by Crippen LogP contribution is -2.32. The van der Waals surface area contributed by atoms with E-state index in [0.717, 1.165) is 91.3 Å². The van der Waals surface area contributed by atoms with E-state index >= 15 is 0 Å². The quantitative estimate of drug-likeness (QED) is 0.226. The van der Waals surface area contributed by atoms with E-state index in [1.54, 1.807) is 0 Å². The molecule has 0 bridgehead atoms. The van der Waals surface area contributed by atoms with Crippen LogP contribution in [0.2, 0.25) is 5.02 Å². The first kappa shape index (κ1) is 31.0. The minimum absolute atomic E-state index is 0.121. The normalized spacial score (nSPS) is 13.1. The Bertz CT molecular complexity index is 1120. The van der Waals surface area contributed by atoms with Gasteiger partial charge in [0.05, 0.1) is 11.0 Å². The van der Waals surface area contributed by atoms with Gasteiger partial charge in [0.25, 0.3) is 5.91 Å². The highest BCUT2D eigenvalue weighted by atomic mass is 35.5. The van der Waals surface area contributed by atoms with Crippen molar-refractivity contribution in [1.82, 2.24) is 19.8 Å². The van der Waals surface area contributed by atoms with E-state index in [-0.39, 0.29) is 5.91 Å². The van der Waals surface area contributed by atoms with Crippen LogP contribution in [0, 0.1) is 0 Å². The summed E-state index contributed by atoms with van der Waals surface area (Å²) in [4.78, 5) is 20.2. The number of rotatable bonds is 13. The summed E-state index contributed by atoms with van der Waals surface area (Å²) in [5, 5.41) is 7.49. The van der Waals surface area contributed by atoms with Gasteiger partial charge in [-0.3, -0.25) is 4.79 Å². The average Bonchev–Trinajstić information content (AvgIpc) is 3.32. The second-order valence-electron chi connectivity index (χ2n) is 10.4. The standard InChI is InChI=1S/C27H37ClN4O.C5H11N/c1-4-7-15-31(16-8-5-2)26(33)22-13-14-24-25(19-22)32(17-9-6-3)27(30-24)29-20-21-11-10-12-23(28)18-21;1-2-4-6-5-3-1/h10-14,18-19H,4-9,15-17,20H2,1-3H3,(H,29,30);6H,1-5H2. The zero-order chi connectivity index (χ0) is 27.9. The van der Waals surface area contributed by atoms with Crippen molar-refractivity contribution in [2.24, 2.45) is 0 Å². The van der Waals surface area contributed by atoms with Gasteiger partial charge in [0.15, 0.2) is 0 Å². The van der Waals surface area contributed by atoms with Crippen LogP contribution in [0.25, 0.3) is 11.0 Å². The van der Waals surface area contributed by atoms with Crippen molar-refractivity contribution in [2.75, 3.05) is 31.5 Å². The molecule has 1 aliphatic rings. The molecule has 1 aliphatic heterocycles. The van der Waals surface area contributed by atoms with Crippen LogP contribution >= 0.6 is 11.6 Å². The maximum absolute atomic E-state index is 13.3. The smallest absolute Gasteiger partial charge is 0.253 e. The number of benzene rings is 2. The van der Waals surface area contributed by atoms with E-state index in [2.05, 4.69) is 42.0 Å². The number of carbonyl (C=O) groups excluding carboxylic acids is 1. The molecular weight excluding hydrogens is 506 g/mol. The van der Waals surface area contributed by atoms with Gasteiger partial charge in [0.1, 0.15) is 0 Å². The summed E-state index contributed by atoms with van der Waals surface area (Å²) in [6.45, 7) is 12.1. The fourth-order valence-corrected chi connectivity index (χ4v) is 4.97. The van der Waals surface area contributed by atoms with E-state index in [0.29, 0.717) is 6.54 Å². The summed E-state index contributed by atoms with van der Waals surface area (Å²) in [6.07, 6.45) is 10.6. The van der Waals surface area contributed by atoms with Crippen LogP contribution in [0.5, 0.6) is 0 Å². The predicted molar refractivity (Wildman–Crippen MR) is 166 cm³/mol. The predicted octanol–water partition coefficient (Wildman–Crippen LogP) is 7.90. The topological polar surface area (TPSA) is 62.2 Å². The molecule has 7 heteroatoms. The lowest BCUT2D eigenvalue weighted by molar-refractivity contribution is 0.0751. The first-order valence-corrected chi connectivity index (χ1v) is 15.4. The summed E-state index contributed by atoms with van der Waals surface area (Å²) < 4.78 is 2.21. The Morgan fingerprint density at radius 3 is 2.28 bits per heavy atom. The number of aryl methyl sites for hydroxylation is 1. The maximum Gasteiger partial charge on any atom is 0.253 e. The number of imidazole rings is 1. The molecule has 1 saturated heterocycles. The Labute approximate surface area is 240 Å². The number of anilines is 1. The molecule has 0 spiro atoms. The molecule has 6 nitrogen and oxygen atoms in total. The third kappa shape index (κ3) is 9.84. The van der Waals surface area contributed by atoms with Crippen molar-refractivity contribution in [3.05, 3.63) is 58.6 Å². The largest absolute Gasteiger partial charge is 0.352 e. The Hall–Kier alpha value is -2.57. The van der Waals surface area contributed by atoms with Crippen molar-refractivity contribution < 1.29 is 4.79 Å². The minimum Gasteiger partial charge on any atom is -0.352 e. The molecule has 2 N–H and O–H groups in total. The van der Waals surface area contributed by atoms with Crippen LogP contribution in [0.3, 0.4) is 0 Å². The Kier molecular flexibility index (Phi) is 13.6. The molecule has 1 amide bonds. The summed E-state index contributed by atoms with van der Waals surface area (Å²) in [6, 6.07) is 13.8. The molecule has 2 aromatic carbocycles. The van der Waals surface area contributed by atoms with Crippen molar-refractivity contribution in [2.45, 2.75) is 91.6 Å². The SMILES string of the molecule is C1CCNCC1.CCCCN(CCCC)C(=O)c1ccc2nc(NCc3cccc(Cl)c3)n(CCCC)c2c1. The first-order valence-electron chi connectivity index (χ1n) is 15.1. The van der Waals surface area contributed by atoms with Gasteiger partial charge in [0, 0.05) is 36.8 Å². The van der Waals surface area contributed by atoms with Crippen molar-refractivity contribution >= 4 is 34.5 Å². The summed E-state index contributed by atoms with van der Waals surface area (Å²) in [5.41, 5.74) is 3.77. The molecule has 4 rings (SSSR count). The van der Waals surface area contributed by atoms with Gasteiger partial charge >= 0.3 is 0 Å². The van der Waals surface area contributed by atoms with E-state index in [1.807, 2.05) is 41.3 Å². The van der Waals surface area contributed by atoms with E-state index < -0.39 is 0 Å². The molecule has 39 heavy (non-hydrogen) atoms. The van der Waals surface area contributed by atoms with Crippen LogP contribution in [0.15, 0.2) is 42.5 Å². The van der Waals surface area contributed by atoms with Crippen molar-refractivity contribution in [1.29, 1.82) is 0 Å². The zero-order valence-electron chi connectivity index (χ0n) is 24.3. The lowest BCUT2D eigenvalue weighted by atomic mass is 10.1. The highest BCUT2D eigenvalue weighted by Crippen LogP contribution is 2.24. The average molecular weight is 554 g/mol. The molecule has 0 unspecified atom stereocenters. The van der Waals surface area contributed by atoms with Crippen LogP contribution in [-0.4, -0.2) is 46.5 Å². The van der Waals surface area contributed by atoms with E-state index in [1.165, 1.54) is 32.4 Å². The van der Waals surface area contributed by atoms with Gasteiger partial charge in [0.2, 0.25) is 5.95 Å². The number of nitrogens with one attached hydrogen (secondary N) is 2. The van der Waals surface area contributed by atoms with Crippen LogP contribution in [0.1, 0.15) is 94.5 Å². The molecular formula is C32H48ClN5O. The summed E-state index contributed by atoms with van der Waals surface area (Å²) >= 11 is 6.14. The highest BCUT2D eigenvalue weighted by molar-refractivity contribution is 6.30. The number of piperidine rings is 1. The number of halogens is 1. The van der Waals surface area contributed by atoms with Gasteiger partial charge in [-0.2, -0.15) is 0 Å². The van der Waals surface area contributed by atoms with Crippen LogP contribution < -0.4 is 10.6 Å². The number of amides is 1. The van der Waals surface area contributed by atoms with E-state index in [4.69, 9.17) is 16.6 Å². The molecule has 214 valence electrons. The zero-order valence-corrected chi connectivity index (χ0v) is 25.0. The van der Waals surface area contributed by atoms with Gasteiger partial charge in [-0.05, 0) is 81.1 Å². The maximum atomic E-state index is 13.3. The first-order chi connectivity index (χ1) is 19.1. The number of nitrogens with zero attached hydrogens (tertiary/aromatic N) is 3. The highest BCUT2D eigenvalue weighted by Gasteiger charge is 2.18. The number of fused-ring (bicyclic) bond motifs is 1. The molecule has 3 aromatic rings. The molecule has 2 heterocycles. The van der Waals surface area contributed by atoms with E-state index in [9.17, 15) is 4.79 Å². The molecule has 0 saturated carbocycles. The monoisotopic (exact) mass is 553 g/mol. The van der Waals surface area contributed by atoms with Crippen LogP contribution in [-0.2, 0) is 13.1 Å². The molecule has 0 radical (unpaired) electrons. The Morgan fingerprint density at radius 1 is 0.974 bits per heavy atom. The number of aromatic nitrogens is 2. The number of hydrogen-bond acceptors (Lipinski definition) is 4. The van der Waals surface area contributed by atoms with Gasteiger partial charge in [-0.15, -0.1) is 0 Å². The number of carbonyl (C=O) groups is 1. The van der Waals surface area contributed by atoms with Gasteiger partial charge in [-0.1, -0.05) is 70.2 Å². The second-order valence-corrected chi connectivity index (χ2v) is 10.9. The summed E-state index contributed by atoms with van der Waals surface area (Å²) in [7, 11) is 0. The molecule has 1 aromatic heterocycles. The van der Waals surface area contributed by atoms with Crippen molar-refractivity contribution in [3.63, 3.8) is 0 Å². The van der Waals surface area contributed by atoms with Gasteiger partial charge in [-0.25, -0.2) is 4.98 Å². The van der Waals surface area contributed by atoms with Gasteiger partial charge < -0.3 is 20.1 Å². The molecule has 0 atom stereocenters. The lowest BCUT2D eigenvalue weighted by Gasteiger charge is -2.22. The summed E-state index contributed by atoms with van der Waals surface area (Å²) in [5.74, 6) is 0.951. The molecule has 1 fully saturated rings. The van der Waals surface area contributed by atoms with Crippen molar-refractivity contribution in [3.8, 4) is 0 Å². The van der Waals surface area contributed by atoms with Crippen LogP contribution in [0.4, 0.5) is 5.95 Å². The fraction of sp³-hybridized carbons (Fsp3) is 0.562. The molecule has 0 aliphatic carbocycles. The third-order valence-electron chi connectivity index (χ3n) is 7.13. The number of unbranched alkanes of at least 4 members (excludes halogenated alkanes) is 3. The Balaban J connectivity index is 0.000000617.